The zero-order chi connectivity index (χ0) is 14.2. The summed E-state index contributed by atoms with van der Waals surface area (Å²) in [5.74, 6) is -0.298. The Balaban J connectivity index is 1.92. The smallest absolute Gasteiger partial charge is 0.273 e. The molecule has 1 aromatic heterocycles. The molecule has 0 atom stereocenters. The van der Waals surface area contributed by atoms with Gasteiger partial charge in [0.25, 0.3) is 5.91 Å². The van der Waals surface area contributed by atoms with Gasteiger partial charge >= 0.3 is 0 Å². The van der Waals surface area contributed by atoms with Crippen molar-refractivity contribution in [2.24, 2.45) is 5.11 Å². The quantitative estimate of drug-likeness (QED) is 0.373. The van der Waals surface area contributed by atoms with Gasteiger partial charge < -0.3 is 5.32 Å². The highest BCUT2D eigenvalue weighted by Crippen LogP contribution is 2.04. The summed E-state index contributed by atoms with van der Waals surface area (Å²) in [7, 11) is 0. The van der Waals surface area contributed by atoms with Crippen LogP contribution >= 0.6 is 0 Å². The fourth-order valence-corrected chi connectivity index (χ4v) is 1.54. The zero-order valence-electron chi connectivity index (χ0n) is 10.7. The molecule has 0 aliphatic rings. The molecule has 0 radical (unpaired) electrons. The standard InChI is InChI=1S/C12H13N7O/c13-18-15-8-4-7-14-12(20)11-9-16-19(17-11)10-5-2-1-3-6-10/h1-3,5-6,9H,4,7-8H2,(H,14,20). The molecule has 20 heavy (non-hydrogen) atoms. The van der Waals surface area contributed by atoms with E-state index in [4.69, 9.17) is 5.53 Å². The summed E-state index contributed by atoms with van der Waals surface area (Å²) in [4.78, 5) is 15.8. The highest BCUT2D eigenvalue weighted by atomic mass is 16.2. The molecule has 8 heteroatoms. The van der Waals surface area contributed by atoms with Crippen molar-refractivity contribution in [2.75, 3.05) is 13.1 Å². The third kappa shape index (κ3) is 3.56. The molecule has 0 aliphatic heterocycles. The zero-order valence-corrected chi connectivity index (χ0v) is 10.7. The highest BCUT2D eigenvalue weighted by molar-refractivity contribution is 5.91. The number of hydrogen-bond acceptors (Lipinski definition) is 4. The summed E-state index contributed by atoms with van der Waals surface area (Å²) < 4.78 is 0. The second-order valence-electron chi connectivity index (χ2n) is 3.92. The molecule has 0 unspecified atom stereocenters. The predicted molar refractivity (Wildman–Crippen MR) is 72.3 cm³/mol. The van der Waals surface area contributed by atoms with Crippen LogP contribution in [0.1, 0.15) is 16.9 Å². The third-order valence-corrected chi connectivity index (χ3v) is 2.50. The van der Waals surface area contributed by atoms with E-state index in [1.54, 1.807) is 0 Å². The van der Waals surface area contributed by atoms with E-state index in [1.165, 1.54) is 11.0 Å². The van der Waals surface area contributed by atoms with Gasteiger partial charge in [0, 0.05) is 18.0 Å². The maximum Gasteiger partial charge on any atom is 0.273 e. The highest BCUT2D eigenvalue weighted by Gasteiger charge is 2.10. The minimum atomic E-state index is -0.298. The van der Waals surface area contributed by atoms with Crippen LogP contribution in [0, 0.1) is 0 Å². The number of hydrogen-bond donors (Lipinski definition) is 1. The van der Waals surface area contributed by atoms with Gasteiger partial charge in [-0.25, -0.2) is 0 Å². The number of nitrogens with one attached hydrogen (secondary N) is 1. The molecule has 8 nitrogen and oxygen atoms in total. The van der Waals surface area contributed by atoms with Crippen molar-refractivity contribution in [1.82, 2.24) is 20.3 Å². The monoisotopic (exact) mass is 271 g/mol. The molecule has 1 amide bonds. The van der Waals surface area contributed by atoms with Crippen LogP contribution in [0.25, 0.3) is 16.1 Å². The molecule has 0 aliphatic carbocycles. The lowest BCUT2D eigenvalue weighted by atomic mass is 10.3. The maximum absolute atomic E-state index is 11.8. The molecule has 2 rings (SSSR count). The van der Waals surface area contributed by atoms with E-state index in [1.807, 2.05) is 30.3 Å². The van der Waals surface area contributed by atoms with E-state index in [0.29, 0.717) is 19.5 Å². The molecule has 0 spiro atoms. The summed E-state index contributed by atoms with van der Waals surface area (Å²) in [5.41, 5.74) is 9.15. The van der Waals surface area contributed by atoms with E-state index in [2.05, 4.69) is 25.5 Å². The first-order chi connectivity index (χ1) is 9.81. The molecular formula is C12H13N7O. The van der Waals surface area contributed by atoms with Gasteiger partial charge in [-0.15, -0.1) is 5.10 Å². The number of aromatic nitrogens is 3. The van der Waals surface area contributed by atoms with Gasteiger partial charge in [0.1, 0.15) is 0 Å². The Morgan fingerprint density at radius 2 is 2.20 bits per heavy atom. The Hall–Kier alpha value is -2.86. The summed E-state index contributed by atoms with van der Waals surface area (Å²) >= 11 is 0. The topological polar surface area (TPSA) is 109 Å². The average Bonchev–Trinajstić information content (AvgIpc) is 2.98. The normalized spacial score (nSPS) is 9.80. The molecule has 1 heterocycles. The lowest BCUT2D eigenvalue weighted by Crippen LogP contribution is -2.25. The first-order valence-corrected chi connectivity index (χ1v) is 6.08. The number of nitrogens with zero attached hydrogens (tertiary/aromatic N) is 6. The fraction of sp³-hybridized carbons (Fsp3) is 0.250. The van der Waals surface area contributed by atoms with Crippen molar-refractivity contribution < 1.29 is 4.79 Å². The van der Waals surface area contributed by atoms with Crippen LogP contribution in [0.2, 0.25) is 0 Å². The molecule has 0 saturated heterocycles. The molecule has 0 fully saturated rings. The number of amides is 1. The molecule has 2 aromatic rings. The minimum absolute atomic E-state index is 0.248. The van der Waals surface area contributed by atoms with Gasteiger partial charge in [0.05, 0.1) is 11.9 Å². The Morgan fingerprint density at radius 1 is 1.40 bits per heavy atom. The van der Waals surface area contributed by atoms with E-state index in [0.717, 1.165) is 5.69 Å². The van der Waals surface area contributed by atoms with Crippen LogP contribution in [-0.2, 0) is 0 Å². The Kier molecular flexibility index (Phi) is 4.69. The number of azide groups is 1. The second-order valence-corrected chi connectivity index (χ2v) is 3.92. The van der Waals surface area contributed by atoms with E-state index in [9.17, 15) is 4.79 Å². The van der Waals surface area contributed by atoms with E-state index in [-0.39, 0.29) is 11.6 Å². The number of benzene rings is 1. The van der Waals surface area contributed by atoms with Crippen LogP contribution in [0.3, 0.4) is 0 Å². The first-order valence-electron chi connectivity index (χ1n) is 6.08. The number of rotatable bonds is 6. The predicted octanol–water partition coefficient (Wildman–Crippen LogP) is 1.70. The van der Waals surface area contributed by atoms with Gasteiger partial charge in [-0.1, -0.05) is 23.3 Å². The van der Waals surface area contributed by atoms with Crippen molar-refractivity contribution in [3.63, 3.8) is 0 Å². The third-order valence-electron chi connectivity index (χ3n) is 2.50. The molecule has 1 N–H and O–H groups in total. The molecule has 0 bridgehead atoms. The van der Waals surface area contributed by atoms with Crippen LogP contribution in [0.4, 0.5) is 0 Å². The molecule has 102 valence electrons. The first kappa shape index (κ1) is 13.6. The van der Waals surface area contributed by atoms with Crippen molar-refractivity contribution in [3.05, 3.63) is 52.7 Å². The number of carbonyl (C=O) groups excluding carboxylic acids is 1. The molecular weight excluding hydrogens is 258 g/mol. The number of para-hydroxylation sites is 1. The van der Waals surface area contributed by atoms with Gasteiger partial charge in [0.2, 0.25) is 0 Å². The Bertz CT molecular complexity index is 616. The van der Waals surface area contributed by atoms with E-state index >= 15 is 0 Å². The summed E-state index contributed by atoms with van der Waals surface area (Å²) in [5, 5.41) is 14.2. The lowest BCUT2D eigenvalue weighted by Gasteiger charge is -2.00. The summed E-state index contributed by atoms with van der Waals surface area (Å²) in [6, 6.07) is 9.33. The minimum Gasteiger partial charge on any atom is -0.351 e. The Morgan fingerprint density at radius 3 is 2.95 bits per heavy atom. The summed E-state index contributed by atoms with van der Waals surface area (Å²) in [6.07, 6.45) is 2.00. The van der Waals surface area contributed by atoms with Crippen molar-refractivity contribution in [2.45, 2.75) is 6.42 Å². The molecule has 0 saturated carbocycles. The number of carbonyl (C=O) groups is 1. The van der Waals surface area contributed by atoms with Gasteiger partial charge in [-0.3, -0.25) is 4.79 Å². The van der Waals surface area contributed by atoms with E-state index < -0.39 is 0 Å². The van der Waals surface area contributed by atoms with Crippen molar-refractivity contribution in [1.29, 1.82) is 0 Å². The summed E-state index contributed by atoms with van der Waals surface area (Å²) in [6.45, 7) is 0.781. The average molecular weight is 271 g/mol. The van der Waals surface area contributed by atoms with Crippen LogP contribution in [-0.4, -0.2) is 34.0 Å². The molecule has 1 aromatic carbocycles. The maximum atomic E-state index is 11.8. The van der Waals surface area contributed by atoms with Gasteiger partial charge in [-0.05, 0) is 24.1 Å². The lowest BCUT2D eigenvalue weighted by molar-refractivity contribution is 0.0948. The van der Waals surface area contributed by atoms with Crippen LogP contribution in [0.15, 0.2) is 41.6 Å². The van der Waals surface area contributed by atoms with Crippen LogP contribution in [0.5, 0.6) is 0 Å². The van der Waals surface area contributed by atoms with Crippen molar-refractivity contribution >= 4 is 5.91 Å². The van der Waals surface area contributed by atoms with Gasteiger partial charge in [0.15, 0.2) is 5.69 Å². The van der Waals surface area contributed by atoms with Crippen molar-refractivity contribution in [3.8, 4) is 5.69 Å². The fourth-order valence-electron chi connectivity index (χ4n) is 1.54. The Labute approximate surface area is 115 Å². The largest absolute Gasteiger partial charge is 0.351 e. The van der Waals surface area contributed by atoms with Gasteiger partial charge in [-0.2, -0.15) is 9.90 Å². The second kappa shape index (κ2) is 6.91. The van der Waals surface area contributed by atoms with Crippen LogP contribution < -0.4 is 5.32 Å². The SMILES string of the molecule is [N-]=[N+]=NCCCNC(=O)c1cnn(-c2ccccc2)n1.